The van der Waals surface area contributed by atoms with E-state index in [9.17, 15) is 14.3 Å². The highest BCUT2D eigenvalue weighted by Gasteiger charge is 2.62. The van der Waals surface area contributed by atoms with E-state index in [-0.39, 0.29) is 40.3 Å². The van der Waals surface area contributed by atoms with Gasteiger partial charge in [0.05, 0.1) is 5.76 Å². The third-order valence-electron chi connectivity index (χ3n) is 7.70. The highest BCUT2D eigenvalue weighted by molar-refractivity contribution is 5.91. The molecular weight excluding hydrogens is 293 g/mol. The maximum atomic E-state index is 14.3. The zero-order chi connectivity index (χ0) is 16.6. The normalized spacial score (nSPS) is 55.0. The maximum absolute atomic E-state index is 14.3. The van der Waals surface area contributed by atoms with Gasteiger partial charge in [0.2, 0.25) is 0 Å². The zero-order valence-corrected chi connectivity index (χ0v) is 13.8. The summed E-state index contributed by atoms with van der Waals surface area (Å²) in [6, 6.07) is -0.435. The number of hydrogen-bond donors (Lipinski definition) is 2. The predicted molar refractivity (Wildman–Crippen MR) is 86.4 cm³/mol. The van der Waals surface area contributed by atoms with Gasteiger partial charge in [0, 0.05) is 18.4 Å². The largest absolute Gasteiger partial charge is 0.512 e. The van der Waals surface area contributed by atoms with E-state index in [1.54, 1.807) is 6.08 Å². The van der Waals surface area contributed by atoms with Gasteiger partial charge < -0.3 is 10.8 Å². The van der Waals surface area contributed by atoms with Crippen LogP contribution in [0.25, 0.3) is 0 Å². The Morgan fingerprint density at radius 2 is 2.09 bits per heavy atom. The molecule has 8 atom stereocenters. The van der Waals surface area contributed by atoms with Crippen LogP contribution in [0.3, 0.4) is 0 Å². The molecule has 3 nitrogen and oxygen atoms in total. The number of alkyl halides is 1. The SMILES string of the molecule is C[C@]12C=CC(=O)CC1C=C(O)[C@@H]1[C@H]2CC[C@]2(C)C(N)C(F)C[C@@H]12. The predicted octanol–water partition coefficient (Wildman–Crippen LogP) is 3.31. The number of fused-ring (bicyclic) bond motifs is 5. The Bertz CT molecular complexity index is 614. The minimum absolute atomic E-state index is 0.0281. The second-order valence-electron chi connectivity index (χ2n) is 8.63. The average molecular weight is 319 g/mol. The van der Waals surface area contributed by atoms with Gasteiger partial charge in [-0.1, -0.05) is 19.9 Å². The van der Waals surface area contributed by atoms with Crippen LogP contribution in [0.1, 0.15) is 39.5 Å². The first-order valence-electron chi connectivity index (χ1n) is 8.80. The van der Waals surface area contributed by atoms with Crippen LogP contribution in [0, 0.1) is 34.5 Å². The van der Waals surface area contributed by atoms with Crippen molar-refractivity contribution in [3.63, 3.8) is 0 Å². The van der Waals surface area contributed by atoms with Crippen molar-refractivity contribution in [2.75, 3.05) is 0 Å². The van der Waals surface area contributed by atoms with Gasteiger partial charge in [-0.25, -0.2) is 4.39 Å². The number of aliphatic hydroxyl groups is 1. The van der Waals surface area contributed by atoms with Crippen LogP contribution in [0.2, 0.25) is 0 Å². The lowest BCUT2D eigenvalue weighted by atomic mass is 9.48. The van der Waals surface area contributed by atoms with E-state index in [0.717, 1.165) is 12.8 Å². The van der Waals surface area contributed by atoms with Crippen molar-refractivity contribution >= 4 is 5.78 Å². The lowest BCUT2D eigenvalue weighted by Crippen LogP contribution is -2.54. The number of nitrogens with two attached hydrogens (primary N) is 1. The molecule has 0 aromatic rings. The Labute approximate surface area is 136 Å². The molecule has 3 unspecified atom stereocenters. The summed E-state index contributed by atoms with van der Waals surface area (Å²) in [5.41, 5.74) is 5.83. The minimum atomic E-state index is -0.981. The van der Waals surface area contributed by atoms with Gasteiger partial charge in [-0.3, -0.25) is 4.79 Å². The molecule has 0 spiro atoms. The van der Waals surface area contributed by atoms with Crippen molar-refractivity contribution in [2.45, 2.75) is 51.7 Å². The Balaban J connectivity index is 1.78. The van der Waals surface area contributed by atoms with Crippen LogP contribution >= 0.6 is 0 Å². The molecule has 2 fully saturated rings. The molecular formula is C19H26FNO2. The van der Waals surface area contributed by atoms with Crippen molar-refractivity contribution < 1.29 is 14.3 Å². The number of ketones is 1. The standard InChI is InChI=1S/C19H26FNO2/c1-18-5-3-11(22)7-10(18)8-15(23)16-12(18)4-6-19(2)13(16)9-14(20)17(19)21/h3,5,8,10,12-14,16-17,23H,4,6-7,9,21H2,1-2H3/t10?,12-,13+,14?,16-,17?,18+,19+/m1/s1. The topological polar surface area (TPSA) is 63.3 Å². The Morgan fingerprint density at radius 1 is 1.35 bits per heavy atom. The average Bonchev–Trinajstić information content (AvgIpc) is 2.73. The van der Waals surface area contributed by atoms with Crippen LogP contribution in [0.5, 0.6) is 0 Å². The monoisotopic (exact) mass is 319 g/mol. The van der Waals surface area contributed by atoms with Crippen molar-refractivity contribution in [3.8, 4) is 0 Å². The second kappa shape index (κ2) is 4.69. The summed E-state index contributed by atoms with van der Waals surface area (Å²) in [5.74, 6) is 0.880. The summed E-state index contributed by atoms with van der Waals surface area (Å²) in [4.78, 5) is 11.8. The first-order valence-corrected chi connectivity index (χ1v) is 8.80. The summed E-state index contributed by atoms with van der Waals surface area (Å²) in [6.07, 6.45) is 7.40. The first-order chi connectivity index (χ1) is 10.8. The number of halogens is 1. The fourth-order valence-corrected chi connectivity index (χ4v) is 6.12. The lowest BCUT2D eigenvalue weighted by Gasteiger charge is -2.56. The molecule has 0 heterocycles. The molecule has 0 saturated heterocycles. The first kappa shape index (κ1) is 15.4. The van der Waals surface area contributed by atoms with E-state index >= 15 is 0 Å². The van der Waals surface area contributed by atoms with Gasteiger partial charge in [0.1, 0.15) is 6.17 Å². The molecule has 23 heavy (non-hydrogen) atoms. The van der Waals surface area contributed by atoms with E-state index in [2.05, 4.69) is 19.9 Å². The quantitative estimate of drug-likeness (QED) is 0.720. The molecule has 126 valence electrons. The van der Waals surface area contributed by atoms with E-state index < -0.39 is 12.2 Å². The van der Waals surface area contributed by atoms with Gasteiger partial charge in [-0.2, -0.15) is 0 Å². The molecule has 0 bridgehead atoms. The van der Waals surface area contributed by atoms with Crippen LogP contribution in [0.4, 0.5) is 4.39 Å². The number of carbonyl (C=O) groups excluding carboxylic acids is 1. The van der Waals surface area contributed by atoms with E-state index in [4.69, 9.17) is 5.73 Å². The number of hydrogen-bond acceptors (Lipinski definition) is 3. The van der Waals surface area contributed by atoms with Crippen molar-refractivity contribution in [3.05, 3.63) is 24.0 Å². The molecule has 4 heteroatoms. The number of rotatable bonds is 0. The molecule has 0 amide bonds. The Hall–Kier alpha value is -1.16. The van der Waals surface area contributed by atoms with Crippen LogP contribution in [-0.4, -0.2) is 23.1 Å². The second-order valence-corrected chi connectivity index (χ2v) is 8.63. The molecule has 4 aliphatic carbocycles. The molecule has 0 aliphatic heterocycles. The van der Waals surface area contributed by atoms with Gasteiger partial charge >= 0.3 is 0 Å². The van der Waals surface area contributed by atoms with Crippen molar-refractivity contribution in [1.29, 1.82) is 0 Å². The Morgan fingerprint density at radius 3 is 2.83 bits per heavy atom. The molecule has 4 rings (SSSR count). The zero-order valence-electron chi connectivity index (χ0n) is 13.8. The molecule has 4 aliphatic rings. The molecule has 0 radical (unpaired) electrons. The molecule has 0 aromatic carbocycles. The molecule has 2 saturated carbocycles. The molecule has 0 aromatic heterocycles. The number of carbonyl (C=O) groups is 1. The van der Waals surface area contributed by atoms with Gasteiger partial charge in [-0.05, 0) is 60.0 Å². The van der Waals surface area contributed by atoms with Crippen LogP contribution < -0.4 is 5.73 Å². The highest BCUT2D eigenvalue weighted by Crippen LogP contribution is 2.64. The summed E-state index contributed by atoms with van der Waals surface area (Å²) in [7, 11) is 0. The minimum Gasteiger partial charge on any atom is -0.512 e. The fourth-order valence-electron chi connectivity index (χ4n) is 6.12. The van der Waals surface area contributed by atoms with Crippen molar-refractivity contribution in [1.82, 2.24) is 0 Å². The maximum Gasteiger partial charge on any atom is 0.156 e. The summed E-state index contributed by atoms with van der Waals surface area (Å²) in [5, 5.41) is 10.7. The van der Waals surface area contributed by atoms with Gasteiger partial charge in [0.25, 0.3) is 0 Å². The molecule has 3 N–H and O–H groups in total. The summed E-state index contributed by atoms with van der Waals surface area (Å²) < 4.78 is 14.3. The highest BCUT2D eigenvalue weighted by atomic mass is 19.1. The van der Waals surface area contributed by atoms with E-state index in [1.165, 1.54) is 0 Å². The number of aliphatic hydroxyl groups excluding tert-OH is 1. The third-order valence-corrected chi connectivity index (χ3v) is 7.70. The van der Waals surface area contributed by atoms with Crippen molar-refractivity contribution in [2.24, 2.45) is 40.2 Å². The fraction of sp³-hybridized carbons (Fsp3) is 0.737. The van der Waals surface area contributed by atoms with Gasteiger partial charge in [-0.15, -0.1) is 0 Å². The smallest absolute Gasteiger partial charge is 0.156 e. The van der Waals surface area contributed by atoms with Crippen LogP contribution in [-0.2, 0) is 4.79 Å². The third kappa shape index (κ3) is 1.87. The summed E-state index contributed by atoms with van der Waals surface area (Å²) in [6.45, 7) is 4.30. The van der Waals surface area contributed by atoms with E-state index in [0.29, 0.717) is 18.6 Å². The lowest BCUT2D eigenvalue weighted by molar-refractivity contribution is -0.118. The summed E-state index contributed by atoms with van der Waals surface area (Å²) >= 11 is 0. The number of allylic oxidation sites excluding steroid dienone is 4. The van der Waals surface area contributed by atoms with E-state index in [1.807, 2.05) is 6.08 Å². The Kier molecular flexibility index (Phi) is 3.13. The van der Waals surface area contributed by atoms with Crippen LogP contribution in [0.15, 0.2) is 24.0 Å². The van der Waals surface area contributed by atoms with Gasteiger partial charge in [0.15, 0.2) is 5.78 Å².